The van der Waals surface area contributed by atoms with Gasteiger partial charge in [0.05, 0.1) is 23.2 Å². The maximum absolute atomic E-state index is 12.4. The van der Waals surface area contributed by atoms with Gasteiger partial charge in [-0.1, -0.05) is 11.3 Å². The number of carbonyl (C=O) groups excluding carboxylic acids is 2. The molecule has 2 amide bonds. The Balaban J connectivity index is 1.71. The van der Waals surface area contributed by atoms with E-state index in [1.165, 1.54) is 11.3 Å². The van der Waals surface area contributed by atoms with Crippen LogP contribution in [-0.4, -0.2) is 41.9 Å². The molecule has 0 spiro atoms. The summed E-state index contributed by atoms with van der Waals surface area (Å²) in [6, 6.07) is 5.62. The van der Waals surface area contributed by atoms with Crippen molar-refractivity contribution >= 4 is 38.5 Å². The van der Waals surface area contributed by atoms with Gasteiger partial charge in [-0.3, -0.25) is 9.59 Å². The number of ether oxygens (including phenoxy) is 1. The highest BCUT2D eigenvalue weighted by atomic mass is 32.1. The van der Waals surface area contributed by atoms with E-state index < -0.39 is 0 Å². The number of hydrogen-bond donors (Lipinski definition) is 1. The summed E-state index contributed by atoms with van der Waals surface area (Å²) in [6.45, 7) is 2.77. The predicted octanol–water partition coefficient (Wildman–Crippen LogP) is 2.50. The first-order chi connectivity index (χ1) is 11.1. The first kappa shape index (κ1) is 15.7. The van der Waals surface area contributed by atoms with Crippen molar-refractivity contribution < 1.29 is 14.3 Å². The fourth-order valence-corrected chi connectivity index (χ4v) is 3.67. The number of nitrogens with zero attached hydrogens (tertiary/aromatic N) is 2. The zero-order valence-electron chi connectivity index (χ0n) is 13.2. The van der Waals surface area contributed by atoms with E-state index in [4.69, 9.17) is 4.74 Å². The number of nitrogens with one attached hydrogen (secondary N) is 1. The maximum atomic E-state index is 12.4. The molecule has 6 nitrogen and oxygen atoms in total. The number of likely N-dealkylation sites (tertiary alicyclic amines) is 1. The van der Waals surface area contributed by atoms with Crippen molar-refractivity contribution in [3.63, 3.8) is 0 Å². The highest BCUT2D eigenvalue weighted by Crippen LogP contribution is 2.29. The van der Waals surface area contributed by atoms with Gasteiger partial charge < -0.3 is 15.0 Å². The third kappa shape index (κ3) is 3.44. The van der Waals surface area contributed by atoms with Gasteiger partial charge in [0.25, 0.3) is 0 Å². The van der Waals surface area contributed by atoms with Crippen LogP contribution in [0.3, 0.4) is 0 Å². The molecule has 1 aromatic heterocycles. The molecule has 23 heavy (non-hydrogen) atoms. The molecule has 3 rings (SSSR count). The van der Waals surface area contributed by atoms with Crippen molar-refractivity contribution in [2.45, 2.75) is 19.8 Å². The SMILES string of the molecule is COc1ccc2nc(NC(=O)C3CCCN(C(C)=O)C3)sc2c1. The van der Waals surface area contributed by atoms with Gasteiger partial charge in [-0.05, 0) is 31.0 Å². The zero-order chi connectivity index (χ0) is 16.4. The summed E-state index contributed by atoms with van der Waals surface area (Å²) in [6.07, 6.45) is 1.66. The molecule has 1 saturated heterocycles. The van der Waals surface area contributed by atoms with Crippen molar-refractivity contribution in [3.05, 3.63) is 18.2 Å². The Morgan fingerprint density at radius 3 is 3.00 bits per heavy atom. The van der Waals surface area contributed by atoms with Crippen LogP contribution in [0.25, 0.3) is 10.2 Å². The van der Waals surface area contributed by atoms with Gasteiger partial charge in [0.2, 0.25) is 11.8 Å². The summed E-state index contributed by atoms with van der Waals surface area (Å²) in [5.74, 6) is 0.550. The molecule has 0 radical (unpaired) electrons. The van der Waals surface area contributed by atoms with Gasteiger partial charge in [-0.2, -0.15) is 0 Å². The molecule has 1 aromatic carbocycles. The van der Waals surface area contributed by atoms with E-state index in [1.807, 2.05) is 18.2 Å². The first-order valence-corrected chi connectivity index (χ1v) is 8.39. The minimum atomic E-state index is -0.172. The summed E-state index contributed by atoms with van der Waals surface area (Å²) in [5.41, 5.74) is 0.833. The first-order valence-electron chi connectivity index (χ1n) is 7.58. The third-order valence-electron chi connectivity index (χ3n) is 4.06. The Bertz CT molecular complexity index is 743. The van der Waals surface area contributed by atoms with Crippen molar-refractivity contribution in [1.82, 2.24) is 9.88 Å². The lowest BCUT2D eigenvalue weighted by Crippen LogP contribution is -2.42. The standard InChI is InChI=1S/C16H19N3O3S/c1-10(20)19-7-3-4-11(9-19)15(21)18-16-17-13-6-5-12(22-2)8-14(13)23-16/h5-6,8,11H,3-4,7,9H2,1-2H3,(H,17,18,21). The van der Waals surface area contributed by atoms with E-state index >= 15 is 0 Å². The fraction of sp³-hybridized carbons (Fsp3) is 0.438. The van der Waals surface area contributed by atoms with Gasteiger partial charge in [0.1, 0.15) is 5.75 Å². The average Bonchev–Trinajstić information content (AvgIpc) is 2.95. The number of piperidine rings is 1. The number of carbonyl (C=O) groups is 2. The number of methoxy groups -OCH3 is 1. The second kappa shape index (κ2) is 6.54. The van der Waals surface area contributed by atoms with Crippen molar-refractivity contribution in [2.24, 2.45) is 5.92 Å². The Kier molecular flexibility index (Phi) is 4.47. The van der Waals surface area contributed by atoms with Crippen LogP contribution in [0.1, 0.15) is 19.8 Å². The smallest absolute Gasteiger partial charge is 0.231 e. The van der Waals surface area contributed by atoms with Crippen LogP contribution in [-0.2, 0) is 9.59 Å². The number of benzene rings is 1. The molecule has 122 valence electrons. The molecule has 1 atom stereocenters. The number of anilines is 1. The minimum absolute atomic E-state index is 0.0228. The molecule has 1 unspecified atom stereocenters. The summed E-state index contributed by atoms with van der Waals surface area (Å²) in [5, 5.41) is 3.47. The lowest BCUT2D eigenvalue weighted by atomic mass is 9.97. The summed E-state index contributed by atoms with van der Waals surface area (Å²) in [4.78, 5) is 30.1. The van der Waals surface area contributed by atoms with E-state index in [0.29, 0.717) is 11.7 Å². The monoisotopic (exact) mass is 333 g/mol. The van der Waals surface area contributed by atoms with Gasteiger partial charge in [0, 0.05) is 20.0 Å². The second-order valence-electron chi connectivity index (χ2n) is 5.65. The molecule has 7 heteroatoms. The van der Waals surface area contributed by atoms with Crippen LogP contribution in [0.2, 0.25) is 0 Å². The Morgan fingerprint density at radius 1 is 1.43 bits per heavy atom. The third-order valence-corrected chi connectivity index (χ3v) is 5.00. The Hall–Kier alpha value is -2.15. The molecule has 0 bridgehead atoms. The van der Waals surface area contributed by atoms with Gasteiger partial charge in [0.15, 0.2) is 5.13 Å². The van der Waals surface area contributed by atoms with Crippen LogP contribution < -0.4 is 10.1 Å². The quantitative estimate of drug-likeness (QED) is 0.937. The molecule has 1 fully saturated rings. The molecular weight excluding hydrogens is 314 g/mol. The van der Waals surface area contributed by atoms with E-state index in [-0.39, 0.29) is 17.7 Å². The molecular formula is C16H19N3O3S. The van der Waals surface area contributed by atoms with E-state index in [2.05, 4.69) is 10.3 Å². The van der Waals surface area contributed by atoms with E-state index in [1.54, 1.807) is 18.9 Å². The number of thiazole rings is 1. The van der Waals surface area contributed by atoms with Crippen LogP contribution in [0.4, 0.5) is 5.13 Å². The molecule has 1 aliphatic rings. The topological polar surface area (TPSA) is 71.5 Å². The van der Waals surface area contributed by atoms with Gasteiger partial charge in [-0.15, -0.1) is 0 Å². The van der Waals surface area contributed by atoms with Crippen LogP contribution in [0.15, 0.2) is 18.2 Å². The molecule has 2 aromatic rings. The Labute approximate surface area is 138 Å². The van der Waals surface area contributed by atoms with Crippen molar-refractivity contribution in [1.29, 1.82) is 0 Å². The summed E-state index contributed by atoms with van der Waals surface area (Å²) in [7, 11) is 1.62. The molecule has 2 heterocycles. The summed E-state index contributed by atoms with van der Waals surface area (Å²) < 4.78 is 6.16. The largest absolute Gasteiger partial charge is 0.497 e. The number of aromatic nitrogens is 1. The normalized spacial score (nSPS) is 18.0. The highest BCUT2D eigenvalue weighted by Gasteiger charge is 2.27. The molecule has 1 aliphatic heterocycles. The van der Waals surface area contributed by atoms with Crippen LogP contribution in [0, 0.1) is 5.92 Å². The van der Waals surface area contributed by atoms with Crippen molar-refractivity contribution in [3.8, 4) is 5.75 Å². The lowest BCUT2D eigenvalue weighted by Gasteiger charge is -2.31. The number of amides is 2. The van der Waals surface area contributed by atoms with E-state index in [9.17, 15) is 9.59 Å². The number of hydrogen-bond acceptors (Lipinski definition) is 5. The van der Waals surface area contributed by atoms with Crippen LogP contribution >= 0.6 is 11.3 Å². The van der Waals surface area contributed by atoms with Crippen molar-refractivity contribution in [2.75, 3.05) is 25.5 Å². The summed E-state index contributed by atoms with van der Waals surface area (Å²) >= 11 is 1.42. The average molecular weight is 333 g/mol. The highest BCUT2D eigenvalue weighted by molar-refractivity contribution is 7.22. The zero-order valence-corrected chi connectivity index (χ0v) is 14.0. The van der Waals surface area contributed by atoms with Gasteiger partial charge in [-0.25, -0.2) is 4.98 Å². The molecule has 1 N–H and O–H groups in total. The maximum Gasteiger partial charge on any atom is 0.231 e. The molecule has 0 aliphatic carbocycles. The molecule has 0 saturated carbocycles. The fourth-order valence-electron chi connectivity index (χ4n) is 2.77. The van der Waals surface area contributed by atoms with Gasteiger partial charge >= 0.3 is 0 Å². The van der Waals surface area contributed by atoms with E-state index in [0.717, 1.165) is 35.4 Å². The number of fused-ring (bicyclic) bond motifs is 1. The van der Waals surface area contributed by atoms with Crippen LogP contribution in [0.5, 0.6) is 5.75 Å². The predicted molar refractivity (Wildman–Crippen MR) is 89.8 cm³/mol. The minimum Gasteiger partial charge on any atom is -0.497 e. The number of rotatable bonds is 3. The lowest BCUT2D eigenvalue weighted by molar-refractivity contribution is -0.132. The Morgan fingerprint density at radius 2 is 2.26 bits per heavy atom. The second-order valence-corrected chi connectivity index (χ2v) is 6.68.